The molecule has 0 aromatic carbocycles. The Morgan fingerprint density at radius 2 is 2.33 bits per heavy atom. The summed E-state index contributed by atoms with van der Waals surface area (Å²) >= 11 is 4.87. The highest BCUT2D eigenvalue weighted by molar-refractivity contribution is 9.10. The van der Waals surface area contributed by atoms with Crippen LogP contribution >= 0.6 is 27.3 Å². The molecule has 3 nitrogen and oxygen atoms in total. The Labute approximate surface area is 100 Å². The predicted octanol–water partition coefficient (Wildman–Crippen LogP) is 2.77. The fourth-order valence-electron chi connectivity index (χ4n) is 1.98. The van der Waals surface area contributed by atoms with Crippen LogP contribution in [0, 0.1) is 5.41 Å². The summed E-state index contributed by atoms with van der Waals surface area (Å²) in [6.45, 7) is 0. The van der Waals surface area contributed by atoms with Gasteiger partial charge in [-0.1, -0.05) is 6.42 Å². The van der Waals surface area contributed by atoms with Crippen LogP contribution in [0.1, 0.15) is 30.2 Å². The summed E-state index contributed by atoms with van der Waals surface area (Å²) in [5, 5.41) is 11.2. The zero-order valence-corrected chi connectivity index (χ0v) is 10.5. The molecule has 0 radical (unpaired) electrons. The van der Waals surface area contributed by atoms with Crippen LogP contribution in [-0.2, 0) is 4.79 Å². The maximum atomic E-state index is 11.2. The van der Waals surface area contributed by atoms with Crippen molar-refractivity contribution >= 4 is 33.2 Å². The molecule has 2 rings (SSSR count). The van der Waals surface area contributed by atoms with Crippen LogP contribution in [0.5, 0.6) is 0 Å². The lowest BCUT2D eigenvalue weighted by molar-refractivity contribution is -0.156. The molecule has 1 unspecified atom stereocenters. The van der Waals surface area contributed by atoms with Gasteiger partial charge in [0.2, 0.25) is 0 Å². The maximum Gasteiger partial charge on any atom is 0.311 e. The minimum atomic E-state index is -0.759. The zero-order valence-electron chi connectivity index (χ0n) is 8.07. The van der Waals surface area contributed by atoms with Crippen molar-refractivity contribution in [1.29, 1.82) is 0 Å². The lowest BCUT2D eigenvalue weighted by atomic mass is 9.64. The van der Waals surface area contributed by atoms with Crippen LogP contribution in [0.25, 0.3) is 0 Å². The topological polar surface area (TPSA) is 63.3 Å². The number of nitrogens with two attached hydrogens (primary N) is 1. The summed E-state index contributed by atoms with van der Waals surface area (Å²) < 4.78 is 0.970. The highest BCUT2D eigenvalue weighted by atomic mass is 79.9. The summed E-state index contributed by atoms with van der Waals surface area (Å²) in [6.07, 6.45) is 2.35. The number of carboxylic acid groups (broad SMARTS) is 1. The SMILES string of the molecule is NC(c1cc(Br)cs1)C1(C(=O)O)CCC1. The third kappa shape index (κ3) is 1.73. The van der Waals surface area contributed by atoms with Crippen molar-refractivity contribution < 1.29 is 9.90 Å². The van der Waals surface area contributed by atoms with Gasteiger partial charge in [0, 0.05) is 14.7 Å². The average molecular weight is 290 g/mol. The standard InChI is InChI=1S/C10H12BrNO2S/c11-6-4-7(15-5-6)8(12)10(9(13)14)2-1-3-10/h4-5,8H,1-3,12H2,(H,13,14). The Morgan fingerprint density at radius 3 is 2.67 bits per heavy atom. The third-order valence-electron chi connectivity index (χ3n) is 3.16. The van der Waals surface area contributed by atoms with E-state index in [4.69, 9.17) is 5.73 Å². The summed E-state index contributed by atoms with van der Waals surface area (Å²) in [6, 6.07) is 1.54. The molecule has 0 amide bonds. The van der Waals surface area contributed by atoms with Gasteiger partial charge >= 0.3 is 5.97 Å². The van der Waals surface area contributed by atoms with Gasteiger partial charge in [-0.25, -0.2) is 0 Å². The fraction of sp³-hybridized carbons (Fsp3) is 0.500. The summed E-state index contributed by atoms with van der Waals surface area (Å²) in [5.41, 5.74) is 5.34. The van der Waals surface area contributed by atoms with Gasteiger partial charge in [-0.2, -0.15) is 0 Å². The van der Waals surface area contributed by atoms with Crippen LogP contribution in [0.4, 0.5) is 0 Å². The maximum absolute atomic E-state index is 11.2. The summed E-state index contributed by atoms with van der Waals surface area (Å²) in [4.78, 5) is 12.2. The molecule has 1 aromatic heterocycles. The highest BCUT2D eigenvalue weighted by Gasteiger charge is 2.50. The van der Waals surface area contributed by atoms with E-state index in [1.807, 2.05) is 11.4 Å². The van der Waals surface area contributed by atoms with Crippen LogP contribution in [0.3, 0.4) is 0 Å². The third-order valence-corrected chi connectivity index (χ3v) is 4.94. The quantitative estimate of drug-likeness (QED) is 0.899. The first-order valence-corrected chi connectivity index (χ1v) is 6.46. The average Bonchev–Trinajstić information content (AvgIpc) is 2.48. The molecule has 1 aliphatic rings. The molecule has 0 aliphatic heterocycles. The Kier molecular flexibility index (Phi) is 2.87. The Morgan fingerprint density at radius 1 is 1.67 bits per heavy atom. The number of hydrogen-bond donors (Lipinski definition) is 2. The molecule has 0 saturated heterocycles. The molecule has 3 N–H and O–H groups in total. The molecule has 0 spiro atoms. The molecule has 5 heteroatoms. The number of carbonyl (C=O) groups is 1. The molecule has 1 atom stereocenters. The lowest BCUT2D eigenvalue weighted by Crippen LogP contribution is -2.46. The second-order valence-corrected chi connectivity index (χ2v) is 5.82. The van der Waals surface area contributed by atoms with Crippen LogP contribution in [0.2, 0.25) is 0 Å². The van der Waals surface area contributed by atoms with Gasteiger partial charge in [0.25, 0.3) is 0 Å². The van der Waals surface area contributed by atoms with Crippen molar-refractivity contribution in [3.05, 3.63) is 20.8 Å². The van der Waals surface area contributed by atoms with Crippen LogP contribution in [0.15, 0.2) is 15.9 Å². The first-order chi connectivity index (χ1) is 7.06. The fourth-order valence-corrected chi connectivity index (χ4v) is 3.54. The Bertz CT molecular complexity index is 387. The number of hydrogen-bond acceptors (Lipinski definition) is 3. The van der Waals surface area contributed by atoms with Gasteiger partial charge in [0.1, 0.15) is 0 Å². The van der Waals surface area contributed by atoms with E-state index in [2.05, 4.69) is 15.9 Å². The van der Waals surface area contributed by atoms with Gasteiger partial charge in [-0.15, -0.1) is 11.3 Å². The minimum absolute atomic E-state index is 0.375. The first kappa shape index (κ1) is 11.1. The Balaban J connectivity index is 2.26. The highest BCUT2D eigenvalue weighted by Crippen LogP contribution is 2.50. The molecule has 1 saturated carbocycles. The van der Waals surface area contributed by atoms with Crippen molar-refractivity contribution in [2.75, 3.05) is 0 Å². The van der Waals surface area contributed by atoms with E-state index in [9.17, 15) is 9.90 Å². The first-order valence-electron chi connectivity index (χ1n) is 4.79. The van der Waals surface area contributed by atoms with E-state index in [-0.39, 0.29) is 6.04 Å². The van der Waals surface area contributed by atoms with Gasteiger partial charge in [0.05, 0.1) is 11.5 Å². The van der Waals surface area contributed by atoms with Crippen LogP contribution in [-0.4, -0.2) is 11.1 Å². The predicted molar refractivity (Wildman–Crippen MR) is 62.9 cm³/mol. The number of carboxylic acids is 1. The summed E-state index contributed by atoms with van der Waals surface area (Å²) in [5.74, 6) is -0.759. The van der Waals surface area contributed by atoms with Crippen LogP contribution < -0.4 is 5.73 Å². The minimum Gasteiger partial charge on any atom is -0.481 e. The molecule has 0 bridgehead atoms. The molecule has 1 fully saturated rings. The van der Waals surface area contributed by atoms with Gasteiger partial charge in [-0.3, -0.25) is 4.79 Å². The van der Waals surface area contributed by atoms with Gasteiger partial charge in [-0.05, 0) is 34.8 Å². The number of halogens is 1. The van der Waals surface area contributed by atoms with E-state index in [1.54, 1.807) is 0 Å². The molecule has 82 valence electrons. The largest absolute Gasteiger partial charge is 0.481 e. The molecular formula is C10H12BrNO2S. The molecule has 15 heavy (non-hydrogen) atoms. The van der Waals surface area contributed by atoms with E-state index in [1.165, 1.54) is 11.3 Å². The molecule has 1 aliphatic carbocycles. The smallest absolute Gasteiger partial charge is 0.311 e. The monoisotopic (exact) mass is 289 g/mol. The van der Waals surface area contributed by atoms with Crippen molar-refractivity contribution in [3.8, 4) is 0 Å². The van der Waals surface area contributed by atoms with E-state index >= 15 is 0 Å². The second-order valence-electron chi connectivity index (χ2n) is 3.96. The molecule has 1 heterocycles. The number of thiophene rings is 1. The van der Waals surface area contributed by atoms with Crippen molar-refractivity contribution in [1.82, 2.24) is 0 Å². The van der Waals surface area contributed by atoms with E-state index in [0.717, 1.165) is 15.8 Å². The van der Waals surface area contributed by atoms with Crippen molar-refractivity contribution in [2.45, 2.75) is 25.3 Å². The Hall–Kier alpha value is -0.390. The molecular weight excluding hydrogens is 278 g/mol. The zero-order chi connectivity index (χ0) is 11.1. The van der Waals surface area contributed by atoms with Crippen molar-refractivity contribution in [2.24, 2.45) is 11.1 Å². The van der Waals surface area contributed by atoms with Gasteiger partial charge in [0.15, 0.2) is 0 Å². The van der Waals surface area contributed by atoms with E-state index < -0.39 is 11.4 Å². The number of rotatable bonds is 3. The number of aliphatic carboxylic acids is 1. The van der Waals surface area contributed by atoms with Crippen molar-refractivity contribution in [3.63, 3.8) is 0 Å². The normalized spacial score (nSPS) is 20.7. The lowest BCUT2D eigenvalue weighted by Gasteiger charge is -2.41. The van der Waals surface area contributed by atoms with E-state index in [0.29, 0.717) is 12.8 Å². The molecule has 1 aromatic rings. The second kappa shape index (κ2) is 3.88. The summed E-state index contributed by atoms with van der Waals surface area (Å²) in [7, 11) is 0. The van der Waals surface area contributed by atoms with Gasteiger partial charge < -0.3 is 10.8 Å².